The molecule has 0 spiro atoms. The summed E-state index contributed by atoms with van der Waals surface area (Å²) >= 11 is 0. The van der Waals surface area contributed by atoms with Crippen molar-refractivity contribution < 1.29 is 19.4 Å². The Hall–Kier alpha value is -1.56. The molecule has 3 unspecified atom stereocenters. The number of nitrogens with zero attached hydrogens (tertiary/aromatic N) is 1. The Kier molecular flexibility index (Phi) is 4.42. The number of ether oxygens (including phenoxy) is 1. The number of likely N-dealkylation sites (tertiary alicyclic amines) is 1. The first-order valence-corrected chi connectivity index (χ1v) is 6.55. The highest BCUT2D eigenvalue weighted by molar-refractivity contribution is 5.76. The number of urea groups is 1. The van der Waals surface area contributed by atoms with Gasteiger partial charge in [0.1, 0.15) is 0 Å². The molecule has 106 valence electrons. The van der Waals surface area contributed by atoms with Gasteiger partial charge in [-0.15, -0.1) is 0 Å². The van der Waals surface area contributed by atoms with E-state index in [2.05, 4.69) is 5.32 Å². The third-order valence-corrected chi connectivity index (χ3v) is 3.69. The zero-order valence-electron chi connectivity index (χ0n) is 11.0. The quantitative estimate of drug-likeness (QED) is 0.735. The average Bonchev–Trinajstić information content (AvgIpc) is 2.98. The standard InChI is InChI=1S/C13H20N2O4/c1-19-8-9-4-5-15(7-9)13(18)14-11-3-2-10(6-11)12(16)17/h2-3,9-11H,4-8H2,1H3,(H,14,18)(H,16,17). The molecule has 1 aliphatic carbocycles. The molecule has 1 heterocycles. The van der Waals surface area contributed by atoms with E-state index in [-0.39, 0.29) is 12.1 Å². The molecule has 0 aromatic rings. The number of amides is 2. The van der Waals surface area contributed by atoms with Gasteiger partial charge in [0.2, 0.25) is 0 Å². The Bertz CT molecular complexity index is 383. The van der Waals surface area contributed by atoms with Gasteiger partial charge in [-0.25, -0.2) is 4.79 Å². The van der Waals surface area contributed by atoms with Gasteiger partial charge in [0, 0.05) is 26.1 Å². The Morgan fingerprint density at radius 3 is 2.89 bits per heavy atom. The van der Waals surface area contributed by atoms with Crippen molar-refractivity contribution in [2.24, 2.45) is 11.8 Å². The molecule has 2 N–H and O–H groups in total. The van der Waals surface area contributed by atoms with Crippen LogP contribution < -0.4 is 5.32 Å². The fraction of sp³-hybridized carbons (Fsp3) is 0.692. The fourth-order valence-corrected chi connectivity index (χ4v) is 2.63. The lowest BCUT2D eigenvalue weighted by Crippen LogP contribution is -2.43. The van der Waals surface area contributed by atoms with E-state index in [0.29, 0.717) is 25.5 Å². The Morgan fingerprint density at radius 1 is 1.47 bits per heavy atom. The Morgan fingerprint density at radius 2 is 2.26 bits per heavy atom. The summed E-state index contributed by atoms with van der Waals surface area (Å²) in [5, 5.41) is 11.7. The molecule has 1 saturated heterocycles. The monoisotopic (exact) mass is 268 g/mol. The van der Waals surface area contributed by atoms with Crippen molar-refractivity contribution in [1.29, 1.82) is 0 Å². The Labute approximate surface area is 112 Å². The first-order chi connectivity index (χ1) is 9.10. The minimum Gasteiger partial charge on any atom is -0.481 e. The van der Waals surface area contributed by atoms with Crippen molar-refractivity contribution >= 4 is 12.0 Å². The smallest absolute Gasteiger partial charge is 0.317 e. The summed E-state index contributed by atoms with van der Waals surface area (Å²) in [7, 11) is 1.66. The van der Waals surface area contributed by atoms with Crippen LogP contribution in [0.2, 0.25) is 0 Å². The van der Waals surface area contributed by atoms with Crippen molar-refractivity contribution in [3.63, 3.8) is 0 Å². The first kappa shape index (κ1) is 13.9. The van der Waals surface area contributed by atoms with Crippen LogP contribution in [0.25, 0.3) is 0 Å². The number of aliphatic carboxylic acids is 1. The molecular weight excluding hydrogens is 248 g/mol. The van der Waals surface area contributed by atoms with E-state index in [0.717, 1.165) is 13.0 Å². The van der Waals surface area contributed by atoms with Gasteiger partial charge in [0.25, 0.3) is 0 Å². The number of carboxylic acid groups (broad SMARTS) is 1. The van der Waals surface area contributed by atoms with E-state index >= 15 is 0 Å². The summed E-state index contributed by atoms with van der Waals surface area (Å²) in [5.41, 5.74) is 0. The predicted molar refractivity (Wildman–Crippen MR) is 68.8 cm³/mol. The number of carboxylic acids is 1. The van der Waals surface area contributed by atoms with Crippen LogP contribution in [0.1, 0.15) is 12.8 Å². The lowest BCUT2D eigenvalue weighted by molar-refractivity contribution is -0.140. The van der Waals surface area contributed by atoms with Crippen molar-refractivity contribution in [2.45, 2.75) is 18.9 Å². The van der Waals surface area contributed by atoms with Crippen LogP contribution in [0.4, 0.5) is 4.79 Å². The average molecular weight is 268 g/mol. The number of hydrogen-bond acceptors (Lipinski definition) is 3. The van der Waals surface area contributed by atoms with Gasteiger partial charge in [0.05, 0.1) is 18.6 Å². The number of rotatable bonds is 4. The summed E-state index contributed by atoms with van der Waals surface area (Å²) in [5.74, 6) is -0.916. The summed E-state index contributed by atoms with van der Waals surface area (Å²) in [6, 6.07) is -0.283. The van der Waals surface area contributed by atoms with Crippen LogP contribution >= 0.6 is 0 Å². The lowest BCUT2D eigenvalue weighted by Gasteiger charge is -2.20. The van der Waals surface area contributed by atoms with Gasteiger partial charge < -0.3 is 20.1 Å². The van der Waals surface area contributed by atoms with Gasteiger partial charge in [-0.2, -0.15) is 0 Å². The summed E-state index contributed by atoms with van der Waals surface area (Å²) in [6.07, 6.45) is 4.81. The molecule has 6 nitrogen and oxygen atoms in total. The summed E-state index contributed by atoms with van der Waals surface area (Å²) < 4.78 is 5.09. The maximum atomic E-state index is 12.0. The molecule has 1 aliphatic heterocycles. The number of hydrogen-bond donors (Lipinski definition) is 2. The molecule has 2 aliphatic rings. The van der Waals surface area contributed by atoms with Gasteiger partial charge in [-0.3, -0.25) is 4.79 Å². The molecule has 19 heavy (non-hydrogen) atoms. The number of carbonyl (C=O) groups excluding carboxylic acids is 1. The van der Waals surface area contributed by atoms with E-state index in [4.69, 9.17) is 9.84 Å². The molecule has 0 radical (unpaired) electrons. The second-order valence-corrected chi connectivity index (χ2v) is 5.18. The molecule has 0 saturated carbocycles. The molecule has 0 aromatic carbocycles. The number of carbonyl (C=O) groups is 2. The van der Waals surface area contributed by atoms with Crippen LogP contribution in [0.5, 0.6) is 0 Å². The maximum Gasteiger partial charge on any atom is 0.317 e. The molecule has 2 rings (SSSR count). The SMILES string of the molecule is COCC1CCN(C(=O)NC2C=CC(C(=O)O)C2)C1. The van der Waals surface area contributed by atoms with E-state index in [1.165, 1.54) is 0 Å². The van der Waals surface area contributed by atoms with Crippen LogP contribution in [0.3, 0.4) is 0 Å². The predicted octanol–water partition coefficient (Wildman–Crippen LogP) is 0.694. The van der Waals surface area contributed by atoms with Crippen molar-refractivity contribution in [3.05, 3.63) is 12.2 Å². The third-order valence-electron chi connectivity index (χ3n) is 3.69. The van der Waals surface area contributed by atoms with Crippen LogP contribution in [-0.2, 0) is 9.53 Å². The van der Waals surface area contributed by atoms with Gasteiger partial charge in [0.15, 0.2) is 0 Å². The zero-order chi connectivity index (χ0) is 13.8. The minimum absolute atomic E-state index is 0.112. The second-order valence-electron chi connectivity index (χ2n) is 5.18. The molecule has 0 aromatic heterocycles. The van der Waals surface area contributed by atoms with Crippen LogP contribution in [0.15, 0.2) is 12.2 Å². The molecule has 6 heteroatoms. The maximum absolute atomic E-state index is 12.0. The highest BCUT2D eigenvalue weighted by Gasteiger charge is 2.29. The molecule has 0 bridgehead atoms. The van der Waals surface area contributed by atoms with E-state index in [1.54, 1.807) is 24.2 Å². The van der Waals surface area contributed by atoms with Crippen molar-refractivity contribution in [2.75, 3.05) is 26.8 Å². The fourth-order valence-electron chi connectivity index (χ4n) is 2.63. The van der Waals surface area contributed by atoms with Crippen LogP contribution in [-0.4, -0.2) is 54.9 Å². The summed E-state index contributed by atoms with van der Waals surface area (Å²) in [4.78, 5) is 24.6. The molecule has 3 atom stereocenters. The lowest BCUT2D eigenvalue weighted by atomic mass is 10.1. The minimum atomic E-state index is -0.839. The first-order valence-electron chi connectivity index (χ1n) is 6.55. The molecule has 1 fully saturated rings. The highest BCUT2D eigenvalue weighted by atomic mass is 16.5. The van der Waals surface area contributed by atoms with Crippen LogP contribution in [0, 0.1) is 11.8 Å². The molecular formula is C13H20N2O4. The number of nitrogens with one attached hydrogen (secondary N) is 1. The highest BCUT2D eigenvalue weighted by Crippen LogP contribution is 2.20. The van der Waals surface area contributed by atoms with Crippen molar-refractivity contribution in [3.8, 4) is 0 Å². The van der Waals surface area contributed by atoms with E-state index in [9.17, 15) is 9.59 Å². The second kappa shape index (κ2) is 6.06. The number of methoxy groups -OCH3 is 1. The zero-order valence-corrected chi connectivity index (χ0v) is 11.0. The van der Waals surface area contributed by atoms with Gasteiger partial charge >= 0.3 is 12.0 Å². The largest absolute Gasteiger partial charge is 0.481 e. The van der Waals surface area contributed by atoms with E-state index in [1.807, 2.05) is 0 Å². The van der Waals surface area contributed by atoms with Crippen molar-refractivity contribution in [1.82, 2.24) is 10.2 Å². The van der Waals surface area contributed by atoms with Gasteiger partial charge in [-0.05, 0) is 12.8 Å². The molecule has 2 amide bonds. The van der Waals surface area contributed by atoms with E-state index < -0.39 is 11.9 Å². The Balaban J connectivity index is 1.77. The summed E-state index contributed by atoms with van der Waals surface area (Å²) in [6.45, 7) is 2.12. The topological polar surface area (TPSA) is 78.9 Å². The third kappa shape index (κ3) is 3.47. The normalized spacial score (nSPS) is 29.7. The van der Waals surface area contributed by atoms with Gasteiger partial charge in [-0.1, -0.05) is 12.2 Å².